The molecule has 1 amide bonds. The van der Waals surface area contributed by atoms with Crippen LogP contribution in [0.15, 0.2) is 42.6 Å². The summed E-state index contributed by atoms with van der Waals surface area (Å²) in [6.07, 6.45) is 4.53. The highest BCUT2D eigenvalue weighted by atomic mass is 16.1. The van der Waals surface area contributed by atoms with E-state index in [1.54, 1.807) is 6.20 Å². The zero-order chi connectivity index (χ0) is 18.5. The van der Waals surface area contributed by atoms with E-state index in [1.165, 1.54) is 11.3 Å². The number of benzene rings is 1. The van der Waals surface area contributed by atoms with Crippen LogP contribution in [0.1, 0.15) is 30.9 Å². The fourth-order valence-electron chi connectivity index (χ4n) is 3.58. The highest BCUT2D eigenvalue weighted by Crippen LogP contribution is 2.30. The number of hydrogen-bond donors (Lipinski definition) is 1. The van der Waals surface area contributed by atoms with Crippen molar-refractivity contribution in [2.45, 2.75) is 38.8 Å². The van der Waals surface area contributed by atoms with Crippen LogP contribution in [0.5, 0.6) is 0 Å². The van der Waals surface area contributed by atoms with E-state index in [4.69, 9.17) is 0 Å². The smallest absolute Gasteiger partial charge is 0.222 e. The molecule has 5 nitrogen and oxygen atoms in total. The first-order valence-electron chi connectivity index (χ1n) is 9.28. The molecule has 1 unspecified atom stereocenters. The third-order valence-corrected chi connectivity index (χ3v) is 5.01. The molecular weight excluding hydrogens is 324 g/mol. The maximum atomic E-state index is 12.4. The first-order chi connectivity index (χ1) is 12.6. The Balaban J connectivity index is 1.57. The standard InChI is InChI=1S/C21H28N4O/c1-16-10-11-17-7-4-5-9-19(17)25(16)14-12-20(26)23-15-18-8-6-13-22-21(18)24(2)3/h4-9,13,16H,10-12,14-15H2,1-3H3,(H,23,26). The lowest BCUT2D eigenvalue weighted by atomic mass is 9.96. The fourth-order valence-corrected chi connectivity index (χ4v) is 3.58. The Labute approximate surface area is 156 Å². The van der Waals surface area contributed by atoms with E-state index in [-0.39, 0.29) is 5.91 Å². The molecule has 2 aromatic rings. The van der Waals surface area contributed by atoms with Gasteiger partial charge in [0.2, 0.25) is 5.91 Å². The number of fused-ring (bicyclic) bond motifs is 1. The molecule has 0 radical (unpaired) electrons. The van der Waals surface area contributed by atoms with Gasteiger partial charge in [-0.05, 0) is 37.5 Å². The van der Waals surface area contributed by atoms with Crippen molar-refractivity contribution < 1.29 is 4.79 Å². The van der Waals surface area contributed by atoms with E-state index in [0.29, 0.717) is 19.0 Å². The van der Waals surface area contributed by atoms with Gasteiger partial charge in [-0.25, -0.2) is 4.98 Å². The van der Waals surface area contributed by atoms with Crippen molar-refractivity contribution in [1.82, 2.24) is 10.3 Å². The third kappa shape index (κ3) is 4.15. The number of carbonyl (C=O) groups is 1. The van der Waals surface area contributed by atoms with Gasteiger partial charge in [0.15, 0.2) is 0 Å². The number of rotatable bonds is 6. The number of aryl methyl sites for hydroxylation is 1. The van der Waals surface area contributed by atoms with Crippen molar-refractivity contribution in [2.75, 3.05) is 30.4 Å². The van der Waals surface area contributed by atoms with Crippen LogP contribution in [0.3, 0.4) is 0 Å². The van der Waals surface area contributed by atoms with Crippen LogP contribution in [-0.4, -0.2) is 37.6 Å². The van der Waals surface area contributed by atoms with Crippen molar-refractivity contribution in [1.29, 1.82) is 0 Å². The molecule has 138 valence electrons. The molecule has 2 heterocycles. The second-order valence-electron chi connectivity index (χ2n) is 7.12. The second kappa shape index (κ2) is 8.21. The number of carbonyl (C=O) groups excluding carboxylic acids is 1. The Hall–Kier alpha value is -2.56. The summed E-state index contributed by atoms with van der Waals surface area (Å²) in [7, 11) is 3.92. The second-order valence-corrected chi connectivity index (χ2v) is 7.12. The number of pyridine rings is 1. The lowest BCUT2D eigenvalue weighted by Gasteiger charge is -2.37. The van der Waals surface area contributed by atoms with Crippen molar-refractivity contribution in [3.63, 3.8) is 0 Å². The summed E-state index contributed by atoms with van der Waals surface area (Å²) in [6, 6.07) is 12.9. The molecule has 5 heteroatoms. The molecule has 0 spiro atoms. The molecule has 26 heavy (non-hydrogen) atoms. The van der Waals surface area contributed by atoms with Crippen molar-refractivity contribution >= 4 is 17.4 Å². The van der Waals surface area contributed by atoms with Crippen LogP contribution < -0.4 is 15.1 Å². The summed E-state index contributed by atoms with van der Waals surface area (Å²) in [5.74, 6) is 0.972. The average Bonchev–Trinajstić information content (AvgIpc) is 2.65. The van der Waals surface area contributed by atoms with Gasteiger partial charge in [-0.1, -0.05) is 24.3 Å². The molecule has 0 saturated heterocycles. The highest BCUT2D eigenvalue weighted by molar-refractivity contribution is 5.77. The SMILES string of the molecule is CC1CCc2ccccc2N1CCC(=O)NCc1cccnc1N(C)C. The zero-order valence-electron chi connectivity index (χ0n) is 15.9. The summed E-state index contributed by atoms with van der Waals surface area (Å²) in [5, 5.41) is 3.04. The first-order valence-corrected chi connectivity index (χ1v) is 9.28. The lowest BCUT2D eigenvalue weighted by molar-refractivity contribution is -0.121. The van der Waals surface area contributed by atoms with Gasteiger partial charge in [0, 0.05) is 57.1 Å². The molecular formula is C21H28N4O. The Morgan fingerprint density at radius 2 is 2.08 bits per heavy atom. The topological polar surface area (TPSA) is 48.5 Å². The van der Waals surface area contributed by atoms with Gasteiger partial charge in [0.1, 0.15) is 5.82 Å². The molecule has 3 rings (SSSR count). The summed E-state index contributed by atoms with van der Waals surface area (Å²) in [5.41, 5.74) is 3.70. The van der Waals surface area contributed by atoms with Gasteiger partial charge in [0.25, 0.3) is 0 Å². The summed E-state index contributed by atoms with van der Waals surface area (Å²) >= 11 is 0. The number of amides is 1. The number of nitrogens with one attached hydrogen (secondary N) is 1. The van der Waals surface area contributed by atoms with Gasteiger partial charge < -0.3 is 15.1 Å². The number of nitrogens with zero attached hydrogens (tertiary/aromatic N) is 3. The first kappa shape index (κ1) is 18.2. The maximum Gasteiger partial charge on any atom is 0.222 e. The minimum Gasteiger partial charge on any atom is -0.368 e. The maximum absolute atomic E-state index is 12.4. The van der Waals surface area contributed by atoms with E-state index in [1.807, 2.05) is 31.1 Å². The number of hydrogen-bond acceptors (Lipinski definition) is 4. The zero-order valence-corrected chi connectivity index (χ0v) is 15.9. The van der Waals surface area contributed by atoms with Crippen molar-refractivity contribution in [2.24, 2.45) is 0 Å². The predicted molar refractivity (Wildman–Crippen MR) is 107 cm³/mol. The summed E-state index contributed by atoms with van der Waals surface area (Å²) in [4.78, 5) is 21.1. The lowest BCUT2D eigenvalue weighted by Crippen LogP contribution is -2.39. The van der Waals surface area contributed by atoms with Gasteiger partial charge in [-0.2, -0.15) is 0 Å². The van der Waals surface area contributed by atoms with Crippen molar-refractivity contribution in [3.8, 4) is 0 Å². The molecule has 1 N–H and O–H groups in total. The van der Waals surface area contributed by atoms with Crippen LogP contribution >= 0.6 is 0 Å². The van der Waals surface area contributed by atoms with E-state index in [9.17, 15) is 4.79 Å². The Bertz CT molecular complexity index is 759. The van der Waals surface area contributed by atoms with Crippen LogP contribution in [-0.2, 0) is 17.8 Å². The van der Waals surface area contributed by atoms with E-state index in [2.05, 4.69) is 46.4 Å². The number of para-hydroxylation sites is 1. The van der Waals surface area contributed by atoms with Gasteiger partial charge in [0.05, 0.1) is 0 Å². The molecule has 0 aliphatic carbocycles. The van der Waals surface area contributed by atoms with Crippen LogP contribution in [0.4, 0.5) is 11.5 Å². The number of aromatic nitrogens is 1. The average molecular weight is 352 g/mol. The third-order valence-electron chi connectivity index (χ3n) is 5.01. The monoisotopic (exact) mass is 352 g/mol. The van der Waals surface area contributed by atoms with E-state index >= 15 is 0 Å². The minimum absolute atomic E-state index is 0.0776. The van der Waals surface area contributed by atoms with Gasteiger partial charge >= 0.3 is 0 Å². The fraction of sp³-hybridized carbons (Fsp3) is 0.429. The molecule has 1 aliphatic heterocycles. The minimum atomic E-state index is 0.0776. The Morgan fingerprint density at radius 3 is 2.88 bits per heavy atom. The van der Waals surface area contributed by atoms with Crippen LogP contribution in [0.2, 0.25) is 0 Å². The Morgan fingerprint density at radius 1 is 1.27 bits per heavy atom. The van der Waals surface area contributed by atoms with Gasteiger partial charge in [-0.15, -0.1) is 0 Å². The molecule has 0 fully saturated rings. The van der Waals surface area contributed by atoms with E-state index < -0.39 is 0 Å². The molecule has 1 aromatic heterocycles. The quantitative estimate of drug-likeness (QED) is 0.868. The normalized spacial score (nSPS) is 16.1. The predicted octanol–water partition coefficient (Wildman–Crippen LogP) is 3.00. The van der Waals surface area contributed by atoms with Crippen molar-refractivity contribution in [3.05, 3.63) is 53.7 Å². The van der Waals surface area contributed by atoms with Gasteiger partial charge in [-0.3, -0.25) is 4.79 Å². The Kier molecular flexibility index (Phi) is 5.76. The highest BCUT2D eigenvalue weighted by Gasteiger charge is 2.22. The summed E-state index contributed by atoms with van der Waals surface area (Å²) < 4.78 is 0. The molecule has 0 saturated carbocycles. The molecule has 1 aromatic carbocycles. The van der Waals surface area contributed by atoms with Crippen LogP contribution in [0.25, 0.3) is 0 Å². The number of anilines is 2. The molecule has 1 atom stereocenters. The van der Waals surface area contributed by atoms with Crippen LogP contribution in [0, 0.1) is 0 Å². The largest absolute Gasteiger partial charge is 0.368 e. The molecule has 0 bridgehead atoms. The van der Waals surface area contributed by atoms with E-state index in [0.717, 1.165) is 30.8 Å². The summed E-state index contributed by atoms with van der Waals surface area (Å²) in [6.45, 7) is 3.50. The molecule has 1 aliphatic rings.